The first-order valence-corrected chi connectivity index (χ1v) is 10.6. The van der Waals surface area contributed by atoms with Gasteiger partial charge >= 0.3 is 0 Å². The molecule has 3 aromatic rings. The number of nitrogens with zero attached hydrogens (tertiary/aromatic N) is 3. The van der Waals surface area contributed by atoms with E-state index in [-0.39, 0.29) is 25.5 Å². The van der Waals surface area contributed by atoms with Crippen molar-refractivity contribution >= 4 is 34.0 Å². The van der Waals surface area contributed by atoms with E-state index in [2.05, 4.69) is 15.3 Å². The van der Waals surface area contributed by atoms with Gasteiger partial charge in [-0.15, -0.1) is 0 Å². The smallest absolute Gasteiger partial charge is 0.296 e. The van der Waals surface area contributed by atoms with Crippen molar-refractivity contribution in [1.29, 1.82) is 0 Å². The molecule has 0 bridgehead atoms. The summed E-state index contributed by atoms with van der Waals surface area (Å²) in [5.74, 6) is -1.13. The molecule has 8 nitrogen and oxygen atoms in total. The van der Waals surface area contributed by atoms with Gasteiger partial charge in [-0.1, -0.05) is 11.6 Å². The normalized spacial score (nSPS) is 19.5. The van der Waals surface area contributed by atoms with Gasteiger partial charge in [0, 0.05) is 25.1 Å². The highest BCUT2D eigenvalue weighted by Gasteiger charge is 2.45. The number of rotatable bonds is 5. The largest absolute Gasteiger partial charge is 0.497 e. The van der Waals surface area contributed by atoms with Crippen LogP contribution in [0.3, 0.4) is 0 Å². The van der Waals surface area contributed by atoms with Gasteiger partial charge in [0.2, 0.25) is 6.79 Å². The molecular formula is C22H21ClF2N4O4. The number of hydrogen-bond donors (Lipinski definition) is 1. The summed E-state index contributed by atoms with van der Waals surface area (Å²) >= 11 is 6.41. The van der Waals surface area contributed by atoms with Crippen LogP contribution in [-0.2, 0) is 0 Å². The summed E-state index contributed by atoms with van der Waals surface area (Å²) in [6.07, 6.45) is 0.215. The third-order valence-corrected chi connectivity index (χ3v) is 5.95. The molecule has 174 valence electrons. The summed E-state index contributed by atoms with van der Waals surface area (Å²) in [7, 11) is 3.15. The minimum Gasteiger partial charge on any atom is -0.497 e. The first-order valence-electron chi connectivity index (χ1n) is 10.3. The van der Waals surface area contributed by atoms with Gasteiger partial charge in [0.25, 0.3) is 5.92 Å². The molecule has 0 radical (unpaired) electrons. The average Bonchev–Trinajstić information content (AvgIpc) is 3.26. The zero-order valence-electron chi connectivity index (χ0n) is 17.9. The van der Waals surface area contributed by atoms with Gasteiger partial charge in [-0.25, -0.2) is 18.7 Å². The molecule has 2 aromatic carbocycles. The number of likely N-dealkylation sites (tertiary alicyclic amines) is 1. The molecule has 5 rings (SSSR count). The summed E-state index contributed by atoms with van der Waals surface area (Å²) in [4.78, 5) is 10.2. The summed E-state index contributed by atoms with van der Waals surface area (Å²) < 4.78 is 51.7. The summed E-state index contributed by atoms with van der Waals surface area (Å²) in [6.45, 7) is 0.169. The fourth-order valence-electron chi connectivity index (χ4n) is 4.01. The van der Waals surface area contributed by atoms with E-state index >= 15 is 0 Å². The number of fused-ring (bicyclic) bond motifs is 2. The Morgan fingerprint density at radius 2 is 2.09 bits per heavy atom. The Bertz CT molecular complexity index is 1210. The molecule has 2 aliphatic rings. The third kappa shape index (κ3) is 4.04. The minimum absolute atomic E-state index is 0.0612. The maximum atomic E-state index is 14.7. The number of aromatic nitrogens is 2. The van der Waals surface area contributed by atoms with Crippen LogP contribution in [0.1, 0.15) is 6.42 Å². The fourth-order valence-corrected chi connectivity index (χ4v) is 4.20. The zero-order chi connectivity index (χ0) is 23.2. The Morgan fingerprint density at radius 1 is 1.24 bits per heavy atom. The topological polar surface area (TPSA) is 78.0 Å². The van der Waals surface area contributed by atoms with Gasteiger partial charge < -0.3 is 29.2 Å². The molecule has 1 saturated heterocycles. The number of ether oxygens (including phenoxy) is 4. The summed E-state index contributed by atoms with van der Waals surface area (Å²) in [5.41, 5.74) is 0.900. The van der Waals surface area contributed by atoms with Gasteiger partial charge in [-0.2, -0.15) is 0 Å². The van der Waals surface area contributed by atoms with E-state index in [0.717, 1.165) is 0 Å². The van der Waals surface area contributed by atoms with Crippen LogP contribution in [0.25, 0.3) is 10.9 Å². The molecule has 0 amide bonds. The Morgan fingerprint density at radius 3 is 2.88 bits per heavy atom. The van der Waals surface area contributed by atoms with E-state index in [1.54, 1.807) is 36.2 Å². The molecule has 3 heterocycles. The number of alkyl halides is 2. The van der Waals surface area contributed by atoms with E-state index in [0.29, 0.717) is 51.2 Å². The maximum Gasteiger partial charge on any atom is 0.296 e. The second-order valence-corrected chi connectivity index (χ2v) is 8.32. The van der Waals surface area contributed by atoms with Crippen LogP contribution in [0.15, 0.2) is 30.6 Å². The fraction of sp³-hybridized carbons (Fsp3) is 0.364. The van der Waals surface area contributed by atoms with Crippen LogP contribution in [0.5, 0.6) is 23.0 Å². The molecule has 0 spiro atoms. The zero-order valence-corrected chi connectivity index (χ0v) is 18.7. The van der Waals surface area contributed by atoms with Gasteiger partial charge in [0.05, 0.1) is 29.6 Å². The van der Waals surface area contributed by atoms with Crippen LogP contribution in [-0.4, -0.2) is 60.9 Å². The van der Waals surface area contributed by atoms with Crippen molar-refractivity contribution in [3.8, 4) is 23.0 Å². The first-order chi connectivity index (χ1) is 15.9. The summed E-state index contributed by atoms with van der Waals surface area (Å²) in [6, 6.07) is 6.61. The van der Waals surface area contributed by atoms with Crippen LogP contribution in [0, 0.1) is 0 Å². The van der Waals surface area contributed by atoms with Crippen molar-refractivity contribution in [3.05, 3.63) is 35.6 Å². The van der Waals surface area contributed by atoms with Gasteiger partial charge in [-0.05, 0) is 19.2 Å². The summed E-state index contributed by atoms with van der Waals surface area (Å²) in [5, 5.41) is 3.95. The van der Waals surface area contributed by atoms with Crippen molar-refractivity contribution in [1.82, 2.24) is 14.9 Å². The maximum absolute atomic E-state index is 14.7. The monoisotopic (exact) mass is 478 g/mol. The van der Waals surface area contributed by atoms with Crippen LogP contribution >= 0.6 is 11.6 Å². The van der Waals surface area contributed by atoms with Crippen molar-refractivity contribution in [3.63, 3.8) is 0 Å². The molecule has 11 heteroatoms. The first kappa shape index (κ1) is 21.7. The van der Waals surface area contributed by atoms with Gasteiger partial charge in [-0.3, -0.25) is 0 Å². The predicted octanol–water partition coefficient (Wildman–Crippen LogP) is 4.48. The second kappa shape index (κ2) is 8.35. The van der Waals surface area contributed by atoms with Crippen molar-refractivity contribution in [2.24, 2.45) is 0 Å². The standard InChI is InChI=1S/C22H21ClF2N4O4/c1-29-6-5-17(22(24,25)9-29)33-16-8-12(30-2)7-14-18(16)21(27-10-26-14)28-19-13(23)3-4-15-20(19)32-11-31-15/h3-4,7-8,10,17H,5-6,9,11H2,1-2H3,(H,26,27,28)/t17-/m0/s1. The predicted molar refractivity (Wildman–Crippen MR) is 118 cm³/mol. The minimum atomic E-state index is -3.03. The lowest BCUT2D eigenvalue weighted by molar-refractivity contribution is -0.134. The number of methoxy groups -OCH3 is 1. The Kier molecular flexibility index (Phi) is 5.49. The highest BCUT2D eigenvalue weighted by atomic mass is 35.5. The number of anilines is 2. The van der Waals surface area contributed by atoms with Crippen molar-refractivity contribution in [2.45, 2.75) is 18.4 Å². The molecule has 1 aromatic heterocycles. The van der Waals surface area contributed by atoms with Crippen molar-refractivity contribution in [2.75, 3.05) is 39.4 Å². The Balaban J connectivity index is 1.59. The molecule has 33 heavy (non-hydrogen) atoms. The SMILES string of the molecule is COc1cc(O[C@H]2CCN(C)CC2(F)F)c2c(Nc3c(Cl)ccc4c3OCO4)ncnc2c1. The number of piperidine rings is 1. The number of benzene rings is 2. The van der Waals surface area contributed by atoms with Crippen LogP contribution in [0.2, 0.25) is 5.02 Å². The van der Waals surface area contributed by atoms with E-state index in [9.17, 15) is 8.78 Å². The highest BCUT2D eigenvalue weighted by Crippen LogP contribution is 2.46. The lowest BCUT2D eigenvalue weighted by Crippen LogP contribution is -2.52. The third-order valence-electron chi connectivity index (χ3n) is 5.64. The van der Waals surface area contributed by atoms with E-state index < -0.39 is 12.0 Å². The Labute approximate surface area is 193 Å². The van der Waals surface area contributed by atoms with E-state index in [1.807, 2.05) is 0 Å². The molecule has 1 fully saturated rings. The number of hydrogen-bond acceptors (Lipinski definition) is 8. The van der Waals surface area contributed by atoms with E-state index in [4.69, 9.17) is 30.5 Å². The number of halogens is 3. The molecular weight excluding hydrogens is 458 g/mol. The van der Waals surface area contributed by atoms with Gasteiger partial charge in [0.15, 0.2) is 17.6 Å². The molecule has 0 unspecified atom stereocenters. The lowest BCUT2D eigenvalue weighted by Gasteiger charge is -2.36. The molecule has 1 atom stereocenters. The van der Waals surface area contributed by atoms with Gasteiger partial charge in [0.1, 0.15) is 29.3 Å². The molecule has 1 N–H and O–H groups in total. The molecule has 2 aliphatic heterocycles. The average molecular weight is 479 g/mol. The number of nitrogens with one attached hydrogen (secondary N) is 1. The van der Waals surface area contributed by atoms with E-state index in [1.165, 1.54) is 13.4 Å². The second-order valence-electron chi connectivity index (χ2n) is 7.92. The van der Waals surface area contributed by atoms with Crippen LogP contribution in [0.4, 0.5) is 20.3 Å². The molecule has 0 saturated carbocycles. The molecule has 0 aliphatic carbocycles. The lowest BCUT2D eigenvalue weighted by atomic mass is 10.0. The quantitative estimate of drug-likeness (QED) is 0.575. The van der Waals surface area contributed by atoms with Crippen molar-refractivity contribution < 1.29 is 27.7 Å². The van der Waals surface area contributed by atoms with Crippen LogP contribution < -0.4 is 24.3 Å². The Hall–Kier alpha value is -3.11. The highest BCUT2D eigenvalue weighted by molar-refractivity contribution is 6.34.